The van der Waals surface area contributed by atoms with Crippen molar-refractivity contribution >= 4 is 11.8 Å². The van der Waals surface area contributed by atoms with Gasteiger partial charge in [-0.05, 0) is 36.2 Å². The van der Waals surface area contributed by atoms with Crippen molar-refractivity contribution in [2.75, 3.05) is 0 Å². The molecule has 0 heterocycles. The molecule has 1 nitrogen and oxygen atoms in total. The van der Waals surface area contributed by atoms with Crippen molar-refractivity contribution in [3.8, 4) is 0 Å². The molecule has 0 aliphatic carbocycles. The van der Waals surface area contributed by atoms with Gasteiger partial charge in [-0.2, -0.15) is 0 Å². The van der Waals surface area contributed by atoms with Gasteiger partial charge in [-0.3, -0.25) is 0 Å². The average molecular weight is 280 g/mol. The standard InChI is InChI=1S/C15H14F2OS/c1-10(18)11-3-2-4-14(7-11)19-9-12-5-6-13(16)8-15(12)17/h2-8,10,18H,9H2,1H3. The maximum Gasteiger partial charge on any atom is 0.130 e. The number of aliphatic hydroxyl groups is 1. The lowest BCUT2D eigenvalue weighted by atomic mass is 10.1. The van der Waals surface area contributed by atoms with Crippen molar-refractivity contribution in [1.29, 1.82) is 0 Å². The van der Waals surface area contributed by atoms with E-state index in [1.54, 1.807) is 6.92 Å². The zero-order valence-corrected chi connectivity index (χ0v) is 11.3. The van der Waals surface area contributed by atoms with E-state index in [1.165, 1.54) is 23.9 Å². The molecule has 0 saturated carbocycles. The predicted molar refractivity (Wildman–Crippen MR) is 73.0 cm³/mol. The lowest BCUT2D eigenvalue weighted by molar-refractivity contribution is 0.199. The van der Waals surface area contributed by atoms with Crippen LogP contribution in [0.4, 0.5) is 8.78 Å². The van der Waals surface area contributed by atoms with E-state index in [0.29, 0.717) is 11.3 Å². The van der Waals surface area contributed by atoms with Gasteiger partial charge in [0.25, 0.3) is 0 Å². The summed E-state index contributed by atoms with van der Waals surface area (Å²) in [7, 11) is 0. The summed E-state index contributed by atoms with van der Waals surface area (Å²) in [5.74, 6) is -0.670. The number of benzene rings is 2. The van der Waals surface area contributed by atoms with Gasteiger partial charge in [0.1, 0.15) is 11.6 Å². The van der Waals surface area contributed by atoms with E-state index >= 15 is 0 Å². The average Bonchev–Trinajstić information content (AvgIpc) is 2.38. The van der Waals surface area contributed by atoms with Crippen LogP contribution in [0.3, 0.4) is 0 Å². The largest absolute Gasteiger partial charge is 0.389 e. The smallest absolute Gasteiger partial charge is 0.130 e. The highest BCUT2D eigenvalue weighted by Crippen LogP contribution is 2.26. The second kappa shape index (κ2) is 6.17. The molecular weight excluding hydrogens is 266 g/mol. The minimum atomic E-state index is -0.567. The second-order valence-electron chi connectivity index (χ2n) is 4.27. The molecule has 0 aliphatic heterocycles. The summed E-state index contributed by atoms with van der Waals surface area (Å²) in [6.07, 6.45) is -0.525. The van der Waals surface area contributed by atoms with Gasteiger partial charge in [-0.15, -0.1) is 11.8 Å². The molecule has 0 aromatic heterocycles. The van der Waals surface area contributed by atoms with Crippen LogP contribution in [0.5, 0.6) is 0 Å². The van der Waals surface area contributed by atoms with Gasteiger partial charge >= 0.3 is 0 Å². The highest BCUT2D eigenvalue weighted by Gasteiger charge is 2.06. The highest BCUT2D eigenvalue weighted by molar-refractivity contribution is 7.98. The quantitative estimate of drug-likeness (QED) is 0.842. The first-order valence-corrected chi connectivity index (χ1v) is 6.89. The van der Waals surface area contributed by atoms with Crippen LogP contribution in [0.1, 0.15) is 24.2 Å². The van der Waals surface area contributed by atoms with Crippen LogP contribution in [-0.2, 0) is 5.75 Å². The Kier molecular flexibility index (Phi) is 4.56. The van der Waals surface area contributed by atoms with Gasteiger partial charge in [0.05, 0.1) is 6.10 Å². The maximum atomic E-state index is 13.5. The van der Waals surface area contributed by atoms with Crippen LogP contribution in [0.25, 0.3) is 0 Å². The number of thioether (sulfide) groups is 1. The fourth-order valence-corrected chi connectivity index (χ4v) is 2.61. The van der Waals surface area contributed by atoms with E-state index in [-0.39, 0.29) is 0 Å². The Morgan fingerprint density at radius 2 is 1.95 bits per heavy atom. The van der Waals surface area contributed by atoms with E-state index in [0.717, 1.165) is 16.5 Å². The zero-order valence-electron chi connectivity index (χ0n) is 10.4. The van der Waals surface area contributed by atoms with Crippen molar-refractivity contribution in [1.82, 2.24) is 0 Å². The molecule has 0 bridgehead atoms. The van der Waals surface area contributed by atoms with Crippen LogP contribution in [0, 0.1) is 11.6 Å². The Morgan fingerprint density at radius 1 is 1.16 bits per heavy atom. The van der Waals surface area contributed by atoms with E-state index in [4.69, 9.17) is 0 Å². The number of halogens is 2. The van der Waals surface area contributed by atoms with Gasteiger partial charge in [0.2, 0.25) is 0 Å². The summed E-state index contributed by atoms with van der Waals surface area (Å²) in [6, 6.07) is 11.1. The Balaban J connectivity index is 2.08. The fourth-order valence-electron chi connectivity index (χ4n) is 1.66. The molecule has 100 valence electrons. The minimum Gasteiger partial charge on any atom is -0.389 e. The third kappa shape index (κ3) is 3.78. The first kappa shape index (κ1) is 14.0. The van der Waals surface area contributed by atoms with Crippen molar-refractivity contribution in [2.45, 2.75) is 23.7 Å². The van der Waals surface area contributed by atoms with E-state index in [1.807, 2.05) is 24.3 Å². The molecule has 1 atom stereocenters. The monoisotopic (exact) mass is 280 g/mol. The van der Waals surface area contributed by atoms with Crippen LogP contribution in [0.2, 0.25) is 0 Å². The first-order chi connectivity index (χ1) is 9.06. The van der Waals surface area contributed by atoms with Crippen LogP contribution >= 0.6 is 11.8 Å². The van der Waals surface area contributed by atoms with Crippen LogP contribution in [0.15, 0.2) is 47.4 Å². The van der Waals surface area contributed by atoms with Gasteiger partial charge in [0, 0.05) is 16.7 Å². The number of hydrogen-bond donors (Lipinski definition) is 1. The molecule has 4 heteroatoms. The second-order valence-corrected chi connectivity index (χ2v) is 5.32. The van der Waals surface area contributed by atoms with Crippen molar-refractivity contribution < 1.29 is 13.9 Å². The number of aliphatic hydroxyl groups excluding tert-OH is 1. The van der Waals surface area contributed by atoms with E-state index in [9.17, 15) is 13.9 Å². The number of hydrogen-bond acceptors (Lipinski definition) is 2. The number of rotatable bonds is 4. The zero-order chi connectivity index (χ0) is 13.8. The first-order valence-electron chi connectivity index (χ1n) is 5.91. The topological polar surface area (TPSA) is 20.2 Å². The molecule has 0 radical (unpaired) electrons. The third-order valence-corrected chi connectivity index (χ3v) is 3.79. The molecule has 0 spiro atoms. The summed E-state index contributed by atoms with van der Waals surface area (Å²) in [4.78, 5) is 0.946. The minimum absolute atomic E-state index is 0.426. The van der Waals surface area contributed by atoms with Crippen molar-refractivity contribution in [2.24, 2.45) is 0 Å². The lowest BCUT2D eigenvalue weighted by Gasteiger charge is -2.08. The maximum absolute atomic E-state index is 13.5. The van der Waals surface area contributed by atoms with Crippen molar-refractivity contribution in [3.63, 3.8) is 0 Å². The SMILES string of the molecule is CC(O)c1cccc(SCc2ccc(F)cc2F)c1. The van der Waals surface area contributed by atoms with Gasteiger partial charge in [-0.1, -0.05) is 18.2 Å². The normalized spacial score (nSPS) is 12.4. The highest BCUT2D eigenvalue weighted by atomic mass is 32.2. The Labute approximate surface area is 115 Å². The molecule has 0 amide bonds. The van der Waals surface area contributed by atoms with Crippen LogP contribution < -0.4 is 0 Å². The summed E-state index contributed by atoms with van der Waals surface area (Å²) in [5, 5.41) is 9.50. The summed E-state index contributed by atoms with van der Waals surface area (Å²) in [5.41, 5.74) is 1.29. The third-order valence-electron chi connectivity index (χ3n) is 2.75. The Morgan fingerprint density at radius 3 is 2.63 bits per heavy atom. The Hall–Kier alpha value is -1.39. The molecule has 2 aromatic rings. The molecule has 0 saturated heterocycles. The fraction of sp³-hybridized carbons (Fsp3) is 0.200. The summed E-state index contributed by atoms with van der Waals surface area (Å²) < 4.78 is 26.2. The van der Waals surface area contributed by atoms with Gasteiger partial charge in [-0.25, -0.2) is 8.78 Å². The summed E-state index contributed by atoms with van der Waals surface area (Å²) >= 11 is 1.45. The molecule has 1 unspecified atom stereocenters. The van der Waals surface area contributed by atoms with Crippen LogP contribution in [-0.4, -0.2) is 5.11 Å². The lowest BCUT2D eigenvalue weighted by Crippen LogP contribution is -1.91. The molecule has 2 rings (SSSR count). The van der Waals surface area contributed by atoms with E-state index in [2.05, 4.69) is 0 Å². The molecular formula is C15H14F2OS. The molecule has 19 heavy (non-hydrogen) atoms. The van der Waals surface area contributed by atoms with Gasteiger partial charge in [0.15, 0.2) is 0 Å². The predicted octanol–water partition coefficient (Wildman–Crippen LogP) is 4.31. The van der Waals surface area contributed by atoms with E-state index < -0.39 is 17.7 Å². The summed E-state index contributed by atoms with van der Waals surface area (Å²) in [6.45, 7) is 1.70. The molecule has 0 aliphatic rings. The Bertz CT molecular complexity index is 570. The molecule has 0 fully saturated rings. The van der Waals surface area contributed by atoms with Gasteiger partial charge < -0.3 is 5.11 Å². The van der Waals surface area contributed by atoms with Crippen molar-refractivity contribution in [3.05, 3.63) is 65.2 Å². The molecule has 2 aromatic carbocycles. The molecule has 1 N–H and O–H groups in total.